The number of nitrogens with one attached hydrogen (secondary N) is 1. The van der Waals surface area contributed by atoms with Gasteiger partial charge in [-0.2, -0.15) is 0 Å². The minimum atomic E-state index is 0.549. The molecule has 0 saturated heterocycles. The summed E-state index contributed by atoms with van der Waals surface area (Å²) >= 11 is 12.1. The molecule has 0 spiro atoms. The Morgan fingerprint density at radius 1 is 1.15 bits per heavy atom. The van der Waals surface area contributed by atoms with Gasteiger partial charge in [-0.15, -0.1) is 0 Å². The molecule has 1 N–H and O–H groups in total. The van der Waals surface area contributed by atoms with E-state index in [1.807, 2.05) is 12.1 Å². The van der Waals surface area contributed by atoms with Crippen molar-refractivity contribution in [3.63, 3.8) is 0 Å². The van der Waals surface area contributed by atoms with E-state index in [1.54, 1.807) is 0 Å². The summed E-state index contributed by atoms with van der Waals surface area (Å²) in [5.41, 5.74) is 1.31. The Hall–Kier alpha value is -0.240. The van der Waals surface area contributed by atoms with E-state index in [0.29, 0.717) is 22.0 Å². The quantitative estimate of drug-likeness (QED) is 0.747. The fourth-order valence-corrected chi connectivity index (χ4v) is 3.51. The van der Waals surface area contributed by atoms with Gasteiger partial charge in [0.05, 0.1) is 10.0 Å². The molecule has 1 aromatic carbocycles. The second kappa shape index (κ2) is 7.68. The Balaban J connectivity index is 2.03. The van der Waals surface area contributed by atoms with E-state index < -0.39 is 0 Å². The van der Waals surface area contributed by atoms with Crippen molar-refractivity contribution >= 4 is 23.2 Å². The van der Waals surface area contributed by atoms with Crippen LogP contribution in [0.5, 0.6) is 0 Å². The molecule has 1 aliphatic rings. The van der Waals surface area contributed by atoms with Crippen LogP contribution in [0.1, 0.15) is 45.1 Å². The lowest BCUT2D eigenvalue weighted by molar-refractivity contribution is 0.313. The van der Waals surface area contributed by atoms with E-state index in [9.17, 15) is 0 Å². The summed E-state index contributed by atoms with van der Waals surface area (Å²) in [6.45, 7) is 5.53. The van der Waals surface area contributed by atoms with Crippen LogP contribution in [0.4, 0.5) is 0 Å². The third-order valence-electron chi connectivity index (χ3n) is 4.34. The van der Waals surface area contributed by atoms with Gasteiger partial charge in [-0.05, 0) is 42.5 Å². The molecule has 2 rings (SSSR count). The SMILES string of the molecule is CC(C)NCC(Cc1ccc(Cl)c(Cl)c1)C1CCCC1. The van der Waals surface area contributed by atoms with Gasteiger partial charge in [0, 0.05) is 6.04 Å². The topological polar surface area (TPSA) is 12.0 Å². The smallest absolute Gasteiger partial charge is 0.0595 e. The highest BCUT2D eigenvalue weighted by Crippen LogP contribution is 2.34. The number of halogens is 2. The van der Waals surface area contributed by atoms with Crippen molar-refractivity contribution in [1.82, 2.24) is 5.32 Å². The van der Waals surface area contributed by atoms with E-state index in [1.165, 1.54) is 31.2 Å². The predicted octanol–water partition coefficient (Wildman–Crippen LogP) is 5.34. The molecule has 20 heavy (non-hydrogen) atoms. The first-order chi connectivity index (χ1) is 9.56. The molecular weight excluding hydrogens is 289 g/mol. The molecule has 112 valence electrons. The first-order valence-corrected chi connectivity index (χ1v) is 8.49. The summed E-state index contributed by atoms with van der Waals surface area (Å²) in [5, 5.41) is 4.93. The molecule has 0 radical (unpaired) electrons. The summed E-state index contributed by atoms with van der Waals surface area (Å²) in [4.78, 5) is 0. The zero-order valence-electron chi connectivity index (χ0n) is 12.5. The number of benzene rings is 1. The van der Waals surface area contributed by atoms with E-state index in [2.05, 4.69) is 25.2 Å². The minimum absolute atomic E-state index is 0.549. The Labute approximate surface area is 133 Å². The fourth-order valence-electron chi connectivity index (χ4n) is 3.19. The van der Waals surface area contributed by atoms with Gasteiger partial charge in [-0.25, -0.2) is 0 Å². The summed E-state index contributed by atoms with van der Waals surface area (Å²) in [6.07, 6.45) is 6.65. The Kier molecular flexibility index (Phi) is 6.20. The first-order valence-electron chi connectivity index (χ1n) is 7.73. The maximum absolute atomic E-state index is 6.14. The van der Waals surface area contributed by atoms with Crippen LogP contribution in [0.2, 0.25) is 10.0 Å². The number of rotatable bonds is 6. The van der Waals surface area contributed by atoms with Gasteiger partial charge in [-0.1, -0.05) is 68.8 Å². The Bertz CT molecular complexity index is 425. The van der Waals surface area contributed by atoms with Crippen LogP contribution >= 0.6 is 23.2 Å². The molecule has 0 aromatic heterocycles. The summed E-state index contributed by atoms with van der Waals surface area (Å²) in [7, 11) is 0. The van der Waals surface area contributed by atoms with Gasteiger partial charge in [0.25, 0.3) is 0 Å². The van der Waals surface area contributed by atoms with Gasteiger partial charge >= 0.3 is 0 Å². The molecule has 1 aliphatic carbocycles. The van der Waals surface area contributed by atoms with E-state index in [4.69, 9.17) is 23.2 Å². The molecule has 3 heteroatoms. The summed E-state index contributed by atoms with van der Waals surface area (Å²) < 4.78 is 0. The van der Waals surface area contributed by atoms with Gasteiger partial charge in [0.1, 0.15) is 0 Å². The van der Waals surface area contributed by atoms with Gasteiger partial charge in [-0.3, -0.25) is 0 Å². The van der Waals surface area contributed by atoms with Gasteiger partial charge < -0.3 is 5.32 Å². The largest absolute Gasteiger partial charge is 0.314 e. The monoisotopic (exact) mass is 313 g/mol. The lowest BCUT2D eigenvalue weighted by atomic mass is 9.85. The van der Waals surface area contributed by atoms with Crippen molar-refractivity contribution in [1.29, 1.82) is 0 Å². The first kappa shape index (κ1) is 16.1. The van der Waals surface area contributed by atoms with Crippen LogP contribution in [0.15, 0.2) is 18.2 Å². The number of hydrogen-bond donors (Lipinski definition) is 1. The van der Waals surface area contributed by atoms with Crippen molar-refractivity contribution in [2.24, 2.45) is 11.8 Å². The standard InChI is InChI=1S/C17H25Cl2N/c1-12(2)20-11-15(14-5-3-4-6-14)9-13-7-8-16(18)17(19)10-13/h7-8,10,12,14-15,20H,3-6,9,11H2,1-2H3. The third-order valence-corrected chi connectivity index (χ3v) is 5.08. The van der Waals surface area contributed by atoms with E-state index in [-0.39, 0.29) is 0 Å². The molecular formula is C17H25Cl2N. The molecule has 1 atom stereocenters. The van der Waals surface area contributed by atoms with Crippen LogP contribution in [-0.4, -0.2) is 12.6 Å². The van der Waals surface area contributed by atoms with Crippen LogP contribution in [-0.2, 0) is 6.42 Å². The molecule has 1 saturated carbocycles. The fraction of sp³-hybridized carbons (Fsp3) is 0.647. The van der Waals surface area contributed by atoms with Crippen LogP contribution in [0.3, 0.4) is 0 Å². The highest BCUT2D eigenvalue weighted by Gasteiger charge is 2.25. The minimum Gasteiger partial charge on any atom is -0.314 e. The summed E-state index contributed by atoms with van der Waals surface area (Å²) in [5.74, 6) is 1.56. The van der Waals surface area contributed by atoms with Gasteiger partial charge in [0.2, 0.25) is 0 Å². The van der Waals surface area contributed by atoms with Crippen LogP contribution in [0.25, 0.3) is 0 Å². The molecule has 0 bridgehead atoms. The second-order valence-corrected chi connectivity index (χ2v) is 7.13. The van der Waals surface area contributed by atoms with Crippen LogP contribution in [0, 0.1) is 11.8 Å². The van der Waals surface area contributed by atoms with Crippen LogP contribution < -0.4 is 5.32 Å². The third kappa shape index (κ3) is 4.65. The normalized spacial score (nSPS) is 17.9. The van der Waals surface area contributed by atoms with Crippen molar-refractivity contribution in [3.05, 3.63) is 33.8 Å². The molecule has 0 amide bonds. The van der Waals surface area contributed by atoms with Crippen molar-refractivity contribution in [2.75, 3.05) is 6.54 Å². The van der Waals surface area contributed by atoms with E-state index >= 15 is 0 Å². The average molecular weight is 314 g/mol. The Morgan fingerprint density at radius 3 is 2.45 bits per heavy atom. The number of hydrogen-bond acceptors (Lipinski definition) is 1. The maximum Gasteiger partial charge on any atom is 0.0595 e. The highest BCUT2D eigenvalue weighted by molar-refractivity contribution is 6.42. The van der Waals surface area contributed by atoms with Crippen molar-refractivity contribution < 1.29 is 0 Å². The second-order valence-electron chi connectivity index (χ2n) is 6.32. The average Bonchev–Trinajstić information content (AvgIpc) is 2.92. The molecule has 0 heterocycles. The predicted molar refractivity (Wildman–Crippen MR) is 88.8 cm³/mol. The molecule has 1 unspecified atom stereocenters. The highest BCUT2D eigenvalue weighted by atomic mass is 35.5. The zero-order chi connectivity index (χ0) is 14.5. The molecule has 0 aliphatic heterocycles. The van der Waals surface area contributed by atoms with E-state index in [0.717, 1.165) is 18.9 Å². The molecule has 1 aromatic rings. The molecule has 1 fully saturated rings. The lowest BCUT2D eigenvalue weighted by Gasteiger charge is -2.25. The van der Waals surface area contributed by atoms with Gasteiger partial charge in [0.15, 0.2) is 0 Å². The Morgan fingerprint density at radius 2 is 1.85 bits per heavy atom. The maximum atomic E-state index is 6.14. The van der Waals surface area contributed by atoms with Crippen molar-refractivity contribution in [2.45, 2.75) is 52.0 Å². The van der Waals surface area contributed by atoms with Crippen molar-refractivity contribution in [3.8, 4) is 0 Å². The zero-order valence-corrected chi connectivity index (χ0v) is 14.0. The summed E-state index contributed by atoms with van der Waals surface area (Å²) in [6, 6.07) is 6.61. The molecule has 1 nitrogen and oxygen atoms in total. The lowest BCUT2D eigenvalue weighted by Crippen LogP contribution is -2.33.